The number of ether oxygens (including phenoxy) is 1. The summed E-state index contributed by atoms with van der Waals surface area (Å²) in [4.78, 5) is 35.2. The monoisotopic (exact) mass is 352 g/mol. The number of fused-ring (bicyclic) bond motifs is 1. The molecule has 0 saturated carbocycles. The zero-order valence-electron chi connectivity index (χ0n) is 14.2. The second-order valence-electron chi connectivity index (χ2n) is 5.83. The van der Waals surface area contributed by atoms with Crippen LogP contribution in [0.5, 0.6) is 11.5 Å². The molecule has 0 atom stereocenters. The molecule has 0 spiro atoms. The van der Waals surface area contributed by atoms with Crippen molar-refractivity contribution in [2.24, 2.45) is 0 Å². The number of rotatable bonds is 5. The first-order valence-corrected chi connectivity index (χ1v) is 7.85. The number of benzene rings is 2. The van der Waals surface area contributed by atoms with Crippen LogP contribution in [0.3, 0.4) is 0 Å². The van der Waals surface area contributed by atoms with Gasteiger partial charge >= 0.3 is 0 Å². The molecule has 2 aromatic carbocycles. The lowest BCUT2D eigenvalue weighted by molar-refractivity contribution is 0.111. The number of methoxy groups -OCH3 is 1. The zero-order valence-corrected chi connectivity index (χ0v) is 14.2. The van der Waals surface area contributed by atoms with E-state index in [-0.39, 0.29) is 34.1 Å². The first-order chi connectivity index (χ1) is 12.5. The number of hydrogen-bond donors (Lipinski definition) is 1. The van der Waals surface area contributed by atoms with E-state index < -0.39 is 0 Å². The van der Waals surface area contributed by atoms with Gasteiger partial charge < -0.3 is 14.3 Å². The molecule has 0 aliphatic carbocycles. The lowest BCUT2D eigenvalue weighted by Crippen LogP contribution is -2.13. The number of phenolic OH excluding ortho intramolecular Hbond substituents is 1. The van der Waals surface area contributed by atoms with Crippen molar-refractivity contribution in [3.8, 4) is 11.5 Å². The van der Waals surface area contributed by atoms with Gasteiger partial charge in [0.2, 0.25) is 0 Å². The maximum atomic E-state index is 12.9. The van der Waals surface area contributed by atoms with Gasteiger partial charge in [-0.15, -0.1) is 0 Å². The minimum atomic E-state index is -0.282. The highest BCUT2D eigenvalue weighted by atomic mass is 16.5. The average Bonchev–Trinajstić information content (AvgIpc) is 2.64. The highest BCUT2D eigenvalue weighted by Crippen LogP contribution is 2.27. The molecule has 132 valence electrons. The van der Waals surface area contributed by atoms with Crippen molar-refractivity contribution in [2.45, 2.75) is 13.3 Å². The molecule has 3 aromatic rings. The van der Waals surface area contributed by atoms with Gasteiger partial charge in [-0.1, -0.05) is 6.07 Å². The summed E-state index contributed by atoms with van der Waals surface area (Å²) in [7, 11) is 1.48. The SMILES string of the molecule is COc1ccc(Cc2c(C)oc3c(C=O)c(O)ccc3c2=O)cc1C=O. The molecule has 0 aliphatic heterocycles. The summed E-state index contributed by atoms with van der Waals surface area (Å²) in [5.74, 6) is 0.561. The molecule has 1 aromatic heterocycles. The van der Waals surface area contributed by atoms with Crippen molar-refractivity contribution >= 4 is 23.5 Å². The van der Waals surface area contributed by atoms with Gasteiger partial charge in [0, 0.05) is 12.0 Å². The lowest BCUT2D eigenvalue weighted by Gasteiger charge is -2.10. The molecule has 0 unspecified atom stereocenters. The van der Waals surface area contributed by atoms with Gasteiger partial charge in [0.1, 0.15) is 17.3 Å². The summed E-state index contributed by atoms with van der Waals surface area (Å²) in [6.45, 7) is 1.62. The summed E-state index contributed by atoms with van der Waals surface area (Å²) >= 11 is 0. The Morgan fingerprint density at radius 2 is 1.92 bits per heavy atom. The Morgan fingerprint density at radius 1 is 1.15 bits per heavy atom. The molecule has 0 saturated heterocycles. The van der Waals surface area contributed by atoms with Crippen LogP contribution in [0.4, 0.5) is 0 Å². The number of carbonyl (C=O) groups is 2. The lowest BCUT2D eigenvalue weighted by atomic mass is 9.99. The Labute approximate surface area is 148 Å². The molecule has 0 radical (unpaired) electrons. The molecule has 6 heteroatoms. The quantitative estimate of drug-likeness (QED) is 0.710. The summed E-state index contributed by atoms with van der Waals surface area (Å²) in [5, 5.41) is 9.98. The van der Waals surface area contributed by atoms with E-state index in [0.29, 0.717) is 35.2 Å². The van der Waals surface area contributed by atoms with Crippen LogP contribution in [0.15, 0.2) is 39.5 Å². The fraction of sp³-hybridized carbons (Fsp3) is 0.150. The summed E-state index contributed by atoms with van der Waals surface area (Å²) in [5.41, 5.74) is 1.28. The molecule has 1 heterocycles. The number of aromatic hydroxyl groups is 1. The minimum absolute atomic E-state index is 0.0538. The Balaban J connectivity index is 2.15. The van der Waals surface area contributed by atoms with Crippen LogP contribution in [0.1, 0.15) is 37.6 Å². The molecular weight excluding hydrogens is 336 g/mol. The van der Waals surface area contributed by atoms with Crippen molar-refractivity contribution < 1.29 is 23.8 Å². The van der Waals surface area contributed by atoms with E-state index in [1.165, 1.54) is 19.2 Å². The fourth-order valence-electron chi connectivity index (χ4n) is 2.92. The van der Waals surface area contributed by atoms with E-state index in [0.717, 1.165) is 5.56 Å². The zero-order chi connectivity index (χ0) is 18.8. The molecule has 1 N–H and O–H groups in total. The molecular formula is C20H16O6. The first kappa shape index (κ1) is 17.4. The number of carbonyl (C=O) groups excluding carboxylic acids is 2. The average molecular weight is 352 g/mol. The van der Waals surface area contributed by atoms with Crippen LogP contribution in [0.25, 0.3) is 11.0 Å². The number of phenols is 1. The van der Waals surface area contributed by atoms with Crippen molar-refractivity contribution in [1.29, 1.82) is 0 Å². The normalized spacial score (nSPS) is 10.7. The van der Waals surface area contributed by atoms with E-state index in [4.69, 9.17) is 9.15 Å². The summed E-state index contributed by atoms with van der Waals surface area (Å²) in [6, 6.07) is 7.81. The predicted molar refractivity (Wildman–Crippen MR) is 95.5 cm³/mol. The smallest absolute Gasteiger partial charge is 0.196 e. The highest BCUT2D eigenvalue weighted by Gasteiger charge is 2.17. The molecule has 6 nitrogen and oxygen atoms in total. The van der Waals surface area contributed by atoms with Crippen molar-refractivity contribution in [3.63, 3.8) is 0 Å². The van der Waals surface area contributed by atoms with Crippen LogP contribution >= 0.6 is 0 Å². The Kier molecular flexibility index (Phi) is 4.58. The van der Waals surface area contributed by atoms with Crippen LogP contribution < -0.4 is 10.2 Å². The highest BCUT2D eigenvalue weighted by molar-refractivity contribution is 5.97. The van der Waals surface area contributed by atoms with Gasteiger partial charge in [-0.25, -0.2) is 0 Å². The maximum Gasteiger partial charge on any atom is 0.196 e. The largest absolute Gasteiger partial charge is 0.507 e. The Morgan fingerprint density at radius 3 is 2.58 bits per heavy atom. The molecule has 3 rings (SSSR count). The van der Waals surface area contributed by atoms with Gasteiger partial charge in [-0.05, 0) is 36.8 Å². The number of aryl methyl sites for hydroxylation is 1. The third-order valence-electron chi connectivity index (χ3n) is 4.29. The standard InChI is InChI=1S/C20H16O6/c1-11-15(8-12-3-6-18(25-2)13(7-12)9-21)19(24)14-4-5-17(23)16(10-22)20(14)26-11/h3-7,9-10,23H,8H2,1-2H3. The van der Waals surface area contributed by atoms with Crippen molar-refractivity contribution in [3.05, 3.63) is 68.6 Å². The van der Waals surface area contributed by atoms with Gasteiger partial charge in [-0.2, -0.15) is 0 Å². The Hall–Kier alpha value is -3.41. The predicted octanol–water partition coefficient (Wildman–Crippen LogP) is 3.03. The van der Waals surface area contributed by atoms with Crippen molar-refractivity contribution in [1.82, 2.24) is 0 Å². The van der Waals surface area contributed by atoms with Crippen LogP contribution in [-0.2, 0) is 6.42 Å². The first-order valence-electron chi connectivity index (χ1n) is 7.85. The minimum Gasteiger partial charge on any atom is -0.507 e. The topological polar surface area (TPSA) is 93.8 Å². The van der Waals surface area contributed by atoms with E-state index in [1.807, 2.05) is 0 Å². The van der Waals surface area contributed by atoms with Crippen molar-refractivity contribution in [2.75, 3.05) is 7.11 Å². The maximum absolute atomic E-state index is 12.9. The number of aldehydes is 2. The van der Waals surface area contributed by atoms with Gasteiger partial charge in [0.05, 0.1) is 23.6 Å². The van der Waals surface area contributed by atoms with E-state index in [1.54, 1.807) is 25.1 Å². The van der Waals surface area contributed by atoms with Gasteiger partial charge in [0.15, 0.2) is 23.6 Å². The number of hydrogen-bond acceptors (Lipinski definition) is 6. The summed E-state index contributed by atoms with van der Waals surface area (Å²) in [6.07, 6.45) is 1.41. The van der Waals surface area contributed by atoms with Crippen LogP contribution in [0, 0.1) is 6.92 Å². The second kappa shape index (κ2) is 6.84. The third kappa shape index (κ3) is 2.86. The van der Waals surface area contributed by atoms with Gasteiger partial charge in [0.25, 0.3) is 0 Å². The molecule has 0 aliphatic rings. The van der Waals surface area contributed by atoms with E-state index in [9.17, 15) is 19.5 Å². The molecule has 0 bridgehead atoms. The Bertz CT molecular complexity index is 1080. The summed E-state index contributed by atoms with van der Waals surface area (Å²) < 4.78 is 10.8. The van der Waals surface area contributed by atoms with Crippen LogP contribution in [-0.4, -0.2) is 24.8 Å². The van der Waals surface area contributed by atoms with E-state index >= 15 is 0 Å². The molecule has 26 heavy (non-hydrogen) atoms. The van der Waals surface area contributed by atoms with Crippen LogP contribution in [0.2, 0.25) is 0 Å². The fourth-order valence-corrected chi connectivity index (χ4v) is 2.92. The van der Waals surface area contributed by atoms with Gasteiger partial charge in [-0.3, -0.25) is 14.4 Å². The molecule has 0 amide bonds. The third-order valence-corrected chi connectivity index (χ3v) is 4.29. The second-order valence-corrected chi connectivity index (χ2v) is 5.83. The van der Waals surface area contributed by atoms with E-state index in [2.05, 4.69) is 0 Å². The molecule has 0 fully saturated rings.